The topological polar surface area (TPSA) is 109 Å². The molecule has 2 unspecified atom stereocenters. The van der Waals surface area contributed by atoms with Crippen LogP contribution in [-0.2, 0) is 9.59 Å². The van der Waals surface area contributed by atoms with Gasteiger partial charge in [0.05, 0.1) is 6.04 Å². The fourth-order valence-corrected chi connectivity index (χ4v) is 5.68. The fourth-order valence-electron chi connectivity index (χ4n) is 5.46. The molecule has 2 atom stereocenters. The van der Waals surface area contributed by atoms with E-state index in [1.165, 1.54) is 31.5 Å². The number of carbonyl (C=O) groups excluding carboxylic acids is 3. The van der Waals surface area contributed by atoms with Crippen molar-refractivity contribution in [2.45, 2.75) is 38.3 Å². The Morgan fingerprint density at radius 3 is 2.79 bits per heavy atom. The zero-order valence-corrected chi connectivity index (χ0v) is 21.7. The van der Waals surface area contributed by atoms with Crippen LogP contribution in [0, 0.1) is 5.82 Å². The molecule has 6 rings (SSSR count). The van der Waals surface area contributed by atoms with E-state index in [1.54, 1.807) is 33.8 Å². The number of nitrogens with one attached hydrogen (secondary N) is 2. The van der Waals surface area contributed by atoms with E-state index >= 15 is 0 Å². The Balaban J connectivity index is 1.48. The molecule has 2 aliphatic heterocycles. The highest BCUT2D eigenvalue weighted by molar-refractivity contribution is 6.31. The first-order valence-corrected chi connectivity index (χ1v) is 13.0. The van der Waals surface area contributed by atoms with Gasteiger partial charge in [0.25, 0.3) is 5.91 Å². The molecule has 1 fully saturated rings. The van der Waals surface area contributed by atoms with Crippen LogP contribution in [0.3, 0.4) is 0 Å². The van der Waals surface area contributed by atoms with Crippen LogP contribution in [0.15, 0.2) is 55.0 Å². The smallest absolute Gasteiger partial charge is 0.252 e. The number of benzene rings is 2. The van der Waals surface area contributed by atoms with E-state index in [-0.39, 0.29) is 22.7 Å². The highest BCUT2D eigenvalue weighted by Gasteiger charge is 2.36. The van der Waals surface area contributed by atoms with Crippen LogP contribution < -0.4 is 10.6 Å². The maximum atomic E-state index is 14.2. The lowest BCUT2D eigenvalue weighted by Crippen LogP contribution is -2.49. The summed E-state index contributed by atoms with van der Waals surface area (Å²) >= 11 is 6.43. The quantitative estimate of drug-likeness (QED) is 0.395. The van der Waals surface area contributed by atoms with Gasteiger partial charge in [0.15, 0.2) is 5.65 Å². The summed E-state index contributed by atoms with van der Waals surface area (Å²) in [7, 11) is 0. The Bertz CT molecular complexity index is 1650. The molecule has 1 saturated heterocycles. The Labute approximate surface area is 228 Å². The number of aromatic nitrogens is 3. The number of amides is 3. The number of hydrogen-bond acceptors (Lipinski definition) is 5. The van der Waals surface area contributed by atoms with Crippen molar-refractivity contribution in [1.29, 1.82) is 0 Å². The van der Waals surface area contributed by atoms with Crippen LogP contribution in [0.5, 0.6) is 0 Å². The lowest BCUT2D eigenvalue weighted by Gasteiger charge is -2.34. The second-order valence-corrected chi connectivity index (χ2v) is 10.2. The SMILES string of the molecule is CC(=O)N1CCCCC1C(=O)Nc1cc(-c2ccc3ncnn3c2)cc2c1C(c1cc(F)ccc1Cl)NC2=O. The Morgan fingerprint density at radius 2 is 1.97 bits per heavy atom. The van der Waals surface area contributed by atoms with E-state index in [0.29, 0.717) is 46.6 Å². The number of pyridine rings is 1. The number of halogens is 2. The molecule has 39 heavy (non-hydrogen) atoms. The number of nitrogens with zero attached hydrogens (tertiary/aromatic N) is 4. The van der Waals surface area contributed by atoms with Gasteiger partial charge in [-0.1, -0.05) is 11.6 Å². The summed E-state index contributed by atoms with van der Waals surface area (Å²) in [4.78, 5) is 44.8. The number of carbonyl (C=O) groups is 3. The molecule has 2 N–H and O–H groups in total. The van der Waals surface area contributed by atoms with Crippen molar-refractivity contribution in [3.8, 4) is 11.1 Å². The van der Waals surface area contributed by atoms with Crippen molar-refractivity contribution < 1.29 is 18.8 Å². The molecule has 0 saturated carbocycles. The minimum Gasteiger partial charge on any atom is -0.341 e. The second-order valence-electron chi connectivity index (χ2n) is 9.75. The zero-order chi connectivity index (χ0) is 27.3. The first kappa shape index (κ1) is 25.0. The van der Waals surface area contributed by atoms with E-state index in [2.05, 4.69) is 20.7 Å². The summed E-state index contributed by atoms with van der Waals surface area (Å²) in [6.07, 6.45) is 5.41. The van der Waals surface area contributed by atoms with Crippen molar-refractivity contribution in [3.63, 3.8) is 0 Å². The monoisotopic (exact) mass is 546 g/mol. The third-order valence-electron chi connectivity index (χ3n) is 7.33. The van der Waals surface area contributed by atoms with E-state index in [4.69, 9.17) is 11.6 Å². The largest absolute Gasteiger partial charge is 0.341 e. The third-order valence-corrected chi connectivity index (χ3v) is 7.68. The van der Waals surface area contributed by atoms with Gasteiger partial charge >= 0.3 is 0 Å². The number of hydrogen-bond donors (Lipinski definition) is 2. The highest BCUT2D eigenvalue weighted by Crippen LogP contribution is 2.42. The predicted molar refractivity (Wildman–Crippen MR) is 143 cm³/mol. The molecule has 2 aromatic carbocycles. The average molecular weight is 547 g/mol. The van der Waals surface area contributed by atoms with Crippen molar-refractivity contribution in [2.75, 3.05) is 11.9 Å². The molecule has 4 heterocycles. The molecule has 4 aromatic rings. The average Bonchev–Trinajstić information content (AvgIpc) is 3.54. The summed E-state index contributed by atoms with van der Waals surface area (Å²) in [6, 6.07) is 9.69. The Hall–Kier alpha value is -4.31. The van der Waals surface area contributed by atoms with Crippen molar-refractivity contribution >= 4 is 40.7 Å². The van der Waals surface area contributed by atoms with E-state index in [1.807, 2.05) is 6.07 Å². The van der Waals surface area contributed by atoms with Crippen molar-refractivity contribution in [1.82, 2.24) is 24.8 Å². The fraction of sp³-hybridized carbons (Fsp3) is 0.250. The normalized spacial score (nSPS) is 18.6. The van der Waals surface area contributed by atoms with Gasteiger partial charge in [-0.25, -0.2) is 13.9 Å². The molecule has 3 amide bonds. The summed E-state index contributed by atoms with van der Waals surface area (Å²) in [5, 5.41) is 10.4. The first-order valence-electron chi connectivity index (χ1n) is 12.6. The summed E-state index contributed by atoms with van der Waals surface area (Å²) in [5.41, 5.74) is 3.64. The van der Waals surface area contributed by atoms with Gasteiger partial charge in [-0.2, -0.15) is 5.10 Å². The van der Waals surface area contributed by atoms with Crippen LogP contribution in [0.2, 0.25) is 5.02 Å². The zero-order valence-electron chi connectivity index (χ0n) is 20.9. The van der Waals surface area contributed by atoms with E-state index in [0.717, 1.165) is 18.4 Å². The van der Waals surface area contributed by atoms with Crippen LogP contribution in [0.1, 0.15) is 53.7 Å². The maximum Gasteiger partial charge on any atom is 0.252 e. The maximum absolute atomic E-state index is 14.2. The third kappa shape index (κ3) is 4.50. The Morgan fingerprint density at radius 1 is 1.13 bits per heavy atom. The molecule has 2 aliphatic rings. The summed E-state index contributed by atoms with van der Waals surface area (Å²) in [6.45, 7) is 1.96. The van der Waals surface area contributed by atoms with Crippen LogP contribution in [0.25, 0.3) is 16.8 Å². The highest BCUT2D eigenvalue weighted by atomic mass is 35.5. The van der Waals surface area contributed by atoms with E-state index in [9.17, 15) is 18.8 Å². The van der Waals surface area contributed by atoms with Crippen molar-refractivity contribution in [3.05, 3.63) is 82.5 Å². The van der Waals surface area contributed by atoms with Gasteiger partial charge in [-0.05, 0) is 67.3 Å². The molecule has 0 aliphatic carbocycles. The molecule has 9 nitrogen and oxygen atoms in total. The summed E-state index contributed by atoms with van der Waals surface area (Å²) in [5.74, 6) is -1.40. The molecule has 0 radical (unpaired) electrons. The number of anilines is 1. The Kier molecular flexibility index (Phi) is 6.26. The molecule has 0 spiro atoms. The van der Waals surface area contributed by atoms with Gasteiger partial charge in [-0.15, -0.1) is 0 Å². The van der Waals surface area contributed by atoms with Crippen LogP contribution >= 0.6 is 11.6 Å². The van der Waals surface area contributed by atoms with E-state index < -0.39 is 17.9 Å². The van der Waals surface area contributed by atoms with Gasteiger partial charge in [0.1, 0.15) is 18.2 Å². The second kappa shape index (κ2) is 9.77. The molecule has 0 bridgehead atoms. The number of fused-ring (bicyclic) bond motifs is 2. The number of rotatable bonds is 4. The minimum absolute atomic E-state index is 0.170. The molecule has 11 heteroatoms. The lowest BCUT2D eigenvalue weighted by molar-refractivity contribution is -0.138. The van der Waals surface area contributed by atoms with Gasteiger partial charge in [0.2, 0.25) is 11.8 Å². The lowest BCUT2D eigenvalue weighted by atomic mass is 9.92. The van der Waals surface area contributed by atoms with Crippen LogP contribution in [-0.4, -0.2) is 49.8 Å². The van der Waals surface area contributed by atoms with Gasteiger partial charge < -0.3 is 15.5 Å². The predicted octanol–water partition coefficient (Wildman–Crippen LogP) is 4.36. The standard InChI is InChI=1S/C28H24ClFN6O3/c1-15(37)35-9-3-2-4-23(35)28(39)33-22-11-17(16-5-8-24-31-14-32-36(24)13-16)10-20-25(22)26(34-27(20)38)19-12-18(30)6-7-21(19)29/h5-8,10-14,23,26H,2-4,9H2,1H3,(H,33,39)(H,34,38). The van der Waals surface area contributed by atoms with Gasteiger partial charge in [0, 0.05) is 52.6 Å². The molecule has 2 aromatic heterocycles. The van der Waals surface area contributed by atoms with Crippen LogP contribution in [0.4, 0.5) is 10.1 Å². The molecule has 198 valence electrons. The first-order chi connectivity index (χ1) is 18.8. The minimum atomic E-state index is -0.784. The van der Waals surface area contributed by atoms with Gasteiger partial charge in [-0.3, -0.25) is 14.4 Å². The molecular formula is C28H24ClFN6O3. The number of likely N-dealkylation sites (tertiary alicyclic amines) is 1. The van der Waals surface area contributed by atoms with Crippen molar-refractivity contribution in [2.24, 2.45) is 0 Å². The summed E-state index contributed by atoms with van der Waals surface area (Å²) < 4.78 is 15.9. The molecular weight excluding hydrogens is 523 g/mol. The number of piperidine rings is 1.